The van der Waals surface area contributed by atoms with Gasteiger partial charge in [0, 0.05) is 18.0 Å². The van der Waals surface area contributed by atoms with Crippen LogP contribution in [-0.2, 0) is 10.8 Å². The molecule has 2 heterocycles. The molecule has 6 heteroatoms. The SMILES string of the molecule is CCS(=O)c1cccnc1-c1nc2cc(OC)ccc2o1. The minimum absolute atomic E-state index is 0.371. The molecule has 108 valence electrons. The number of nitrogens with zero attached hydrogens (tertiary/aromatic N) is 2. The highest BCUT2D eigenvalue weighted by molar-refractivity contribution is 7.85. The number of rotatable bonds is 4. The summed E-state index contributed by atoms with van der Waals surface area (Å²) in [6.45, 7) is 1.86. The van der Waals surface area contributed by atoms with Gasteiger partial charge in [-0.1, -0.05) is 6.92 Å². The molecule has 21 heavy (non-hydrogen) atoms. The van der Waals surface area contributed by atoms with Crippen molar-refractivity contribution in [2.45, 2.75) is 11.8 Å². The topological polar surface area (TPSA) is 65.2 Å². The Labute approximate surface area is 124 Å². The van der Waals surface area contributed by atoms with Crippen LogP contribution in [0.15, 0.2) is 45.8 Å². The lowest BCUT2D eigenvalue weighted by Crippen LogP contribution is -1.98. The smallest absolute Gasteiger partial charge is 0.247 e. The van der Waals surface area contributed by atoms with E-state index in [4.69, 9.17) is 9.15 Å². The van der Waals surface area contributed by atoms with Gasteiger partial charge < -0.3 is 9.15 Å². The van der Waals surface area contributed by atoms with Gasteiger partial charge in [0.25, 0.3) is 0 Å². The fourth-order valence-electron chi connectivity index (χ4n) is 2.03. The maximum Gasteiger partial charge on any atom is 0.247 e. The fourth-order valence-corrected chi connectivity index (χ4v) is 2.92. The van der Waals surface area contributed by atoms with Crippen molar-refractivity contribution in [1.29, 1.82) is 0 Å². The van der Waals surface area contributed by atoms with E-state index in [-0.39, 0.29) is 0 Å². The predicted molar refractivity (Wildman–Crippen MR) is 80.7 cm³/mol. The van der Waals surface area contributed by atoms with Crippen LogP contribution < -0.4 is 4.74 Å². The molecule has 3 rings (SSSR count). The molecule has 2 aromatic heterocycles. The van der Waals surface area contributed by atoms with Gasteiger partial charge in [-0.2, -0.15) is 0 Å². The summed E-state index contributed by atoms with van der Waals surface area (Å²) in [4.78, 5) is 9.34. The predicted octanol–water partition coefficient (Wildman–Crippen LogP) is 3.03. The van der Waals surface area contributed by atoms with E-state index in [9.17, 15) is 4.21 Å². The van der Waals surface area contributed by atoms with Crippen molar-refractivity contribution in [2.24, 2.45) is 0 Å². The number of aromatic nitrogens is 2. The van der Waals surface area contributed by atoms with Crippen molar-refractivity contribution in [3.05, 3.63) is 36.5 Å². The summed E-state index contributed by atoms with van der Waals surface area (Å²) in [5.74, 6) is 1.60. The van der Waals surface area contributed by atoms with Gasteiger partial charge >= 0.3 is 0 Å². The first-order valence-corrected chi connectivity index (χ1v) is 7.83. The molecule has 0 saturated carbocycles. The molecule has 5 nitrogen and oxygen atoms in total. The highest BCUT2D eigenvalue weighted by atomic mass is 32.2. The summed E-state index contributed by atoms with van der Waals surface area (Å²) in [7, 11) is 0.483. The first kappa shape index (κ1) is 13.8. The number of ether oxygens (including phenoxy) is 1. The van der Waals surface area contributed by atoms with E-state index in [1.165, 1.54) is 0 Å². The summed E-state index contributed by atoms with van der Waals surface area (Å²) in [5.41, 5.74) is 1.85. The Morgan fingerprint density at radius 1 is 1.33 bits per heavy atom. The summed E-state index contributed by atoms with van der Waals surface area (Å²) in [6, 6.07) is 8.95. The van der Waals surface area contributed by atoms with Crippen LogP contribution in [0.4, 0.5) is 0 Å². The largest absolute Gasteiger partial charge is 0.497 e. The van der Waals surface area contributed by atoms with Crippen LogP contribution in [0.5, 0.6) is 5.75 Å². The van der Waals surface area contributed by atoms with Crippen LogP contribution >= 0.6 is 0 Å². The number of hydrogen-bond donors (Lipinski definition) is 0. The number of pyridine rings is 1. The van der Waals surface area contributed by atoms with Crippen molar-refractivity contribution < 1.29 is 13.4 Å². The Balaban J connectivity index is 2.14. The zero-order chi connectivity index (χ0) is 14.8. The summed E-state index contributed by atoms with van der Waals surface area (Å²) in [6.07, 6.45) is 1.64. The Hall–Kier alpha value is -2.21. The van der Waals surface area contributed by atoms with Gasteiger partial charge in [0.1, 0.15) is 17.0 Å². The third-order valence-electron chi connectivity index (χ3n) is 3.08. The quantitative estimate of drug-likeness (QED) is 0.741. The average Bonchev–Trinajstić information content (AvgIpc) is 2.96. The van der Waals surface area contributed by atoms with Crippen LogP contribution in [0.1, 0.15) is 6.92 Å². The Morgan fingerprint density at radius 3 is 2.95 bits per heavy atom. The van der Waals surface area contributed by atoms with E-state index in [2.05, 4.69) is 9.97 Å². The third kappa shape index (κ3) is 2.54. The van der Waals surface area contributed by atoms with Gasteiger partial charge in [0.15, 0.2) is 5.58 Å². The minimum atomic E-state index is -1.12. The molecular weight excluding hydrogens is 288 g/mol. The van der Waals surface area contributed by atoms with Gasteiger partial charge in [0.05, 0.1) is 22.8 Å². The molecule has 1 unspecified atom stereocenters. The first-order chi connectivity index (χ1) is 10.2. The fraction of sp³-hybridized carbons (Fsp3) is 0.200. The highest BCUT2D eigenvalue weighted by Crippen LogP contribution is 2.28. The molecule has 3 aromatic rings. The normalized spacial score (nSPS) is 12.5. The van der Waals surface area contributed by atoms with Gasteiger partial charge in [-0.05, 0) is 24.3 Å². The van der Waals surface area contributed by atoms with Gasteiger partial charge in [-0.15, -0.1) is 0 Å². The van der Waals surface area contributed by atoms with Crippen molar-refractivity contribution >= 4 is 21.9 Å². The zero-order valence-corrected chi connectivity index (χ0v) is 12.5. The molecular formula is C15H14N2O3S. The summed E-state index contributed by atoms with van der Waals surface area (Å²) < 4.78 is 23.0. The lowest BCUT2D eigenvalue weighted by molar-refractivity contribution is 0.415. The highest BCUT2D eigenvalue weighted by Gasteiger charge is 2.17. The van der Waals surface area contributed by atoms with Crippen molar-refractivity contribution in [1.82, 2.24) is 9.97 Å². The van der Waals surface area contributed by atoms with E-state index in [0.717, 1.165) is 0 Å². The second kappa shape index (κ2) is 5.65. The third-order valence-corrected chi connectivity index (χ3v) is 4.42. The van der Waals surface area contributed by atoms with E-state index < -0.39 is 10.8 Å². The van der Waals surface area contributed by atoms with E-state index >= 15 is 0 Å². The monoisotopic (exact) mass is 302 g/mol. The molecule has 0 bridgehead atoms. The van der Waals surface area contributed by atoms with Crippen molar-refractivity contribution in [3.63, 3.8) is 0 Å². The Bertz CT molecular complexity index is 814. The van der Waals surface area contributed by atoms with Crippen molar-refractivity contribution in [3.8, 4) is 17.3 Å². The van der Waals surface area contributed by atoms with E-state index in [1.54, 1.807) is 43.6 Å². The van der Waals surface area contributed by atoms with Crippen LogP contribution in [-0.4, -0.2) is 27.0 Å². The molecule has 0 N–H and O–H groups in total. The molecule has 0 aliphatic heterocycles. The number of methoxy groups -OCH3 is 1. The Kier molecular flexibility index (Phi) is 3.70. The van der Waals surface area contributed by atoms with Crippen LogP contribution in [0.2, 0.25) is 0 Å². The molecule has 1 aromatic carbocycles. The van der Waals surface area contributed by atoms with Gasteiger partial charge in [-0.3, -0.25) is 4.21 Å². The minimum Gasteiger partial charge on any atom is -0.497 e. The molecule has 1 atom stereocenters. The second-order valence-corrected chi connectivity index (χ2v) is 6.05. The first-order valence-electron chi connectivity index (χ1n) is 6.51. The molecule has 0 spiro atoms. The zero-order valence-electron chi connectivity index (χ0n) is 11.7. The second-order valence-electron chi connectivity index (χ2n) is 4.34. The Morgan fingerprint density at radius 2 is 2.19 bits per heavy atom. The van der Waals surface area contributed by atoms with Gasteiger partial charge in [0.2, 0.25) is 5.89 Å². The summed E-state index contributed by atoms with van der Waals surface area (Å²) in [5, 5.41) is 0. The van der Waals surface area contributed by atoms with Crippen LogP contribution in [0.25, 0.3) is 22.7 Å². The maximum atomic E-state index is 12.1. The molecule has 0 amide bonds. The number of oxazole rings is 1. The number of hydrogen-bond acceptors (Lipinski definition) is 5. The van der Waals surface area contributed by atoms with E-state index in [0.29, 0.717) is 39.1 Å². The van der Waals surface area contributed by atoms with Gasteiger partial charge in [-0.25, -0.2) is 9.97 Å². The average molecular weight is 302 g/mol. The molecule has 0 aliphatic carbocycles. The summed E-state index contributed by atoms with van der Waals surface area (Å²) >= 11 is 0. The molecule has 0 fully saturated rings. The maximum absolute atomic E-state index is 12.1. The lowest BCUT2D eigenvalue weighted by atomic mass is 10.3. The molecule has 0 aliphatic rings. The number of fused-ring (bicyclic) bond motifs is 1. The van der Waals surface area contributed by atoms with Crippen LogP contribution in [0.3, 0.4) is 0 Å². The molecule has 0 radical (unpaired) electrons. The standard InChI is InChI=1S/C15H14N2O3S/c1-3-21(18)13-5-4-8-16-14(13)15-17-11-9-10(19-2)6-7-12(11)20-15/h4-9H,3H2,1-2H3. The van der Waals surface area contributed by atoms with E-state index in [1.807, 2.05) is 6.92 Å². The molecule has 0 saturated heterocycles. The van der Waals surface area contributed by atoms with Crippen molar-refractivity contribution in [2.75, 3.05) is 12.9 Å². The number of benzene rings is 1. The van der Waals surface area contributed by atoms with Crippen LogP contribution in [0, 0.1) is 0 Å². The lowest BCUT2D eigenvalue weighted by Gasteiger charge is -2.02.